The van der Waals surface area contributed by atoms with Crippen molar-refractivity contribution in [1.82, 2.24) is 4.98 Å². The molecular weight excluding hydrogens is 196 g/mol. The Morgan fingerprint density at radius 1 is 1.67 bits per heavy atom. The van der Waals surface area contributed by atoms with Gasteiger partial charge in [-0.05, 0) is 24.4 Å². The second-order valence-electron chi connectivity index (χ2n) is 1.87. The van der Waals surface area contributed by atoms with Gasteiger partial charge in [0.1, 0.15) is 5.69 Å². The maximum atomic E-state index is 11.0. The van der Waals surface area contributed by atoms with Crippen LogP contribution < -0.4 is 0 Å². The number of hydrogen-bond donors (Lipinski definition) is 0. The summed E-state index contributed by atoms with van der Waals surface area (Å²) in [6, 6.07) is 3.03. The van der Waals surface area contributed by atoms with Crippen LogP contribution in [0.2, 0.25) is 5.02 Å². The Balaban J connectivity index is 2.97. The number of pyridine rings is 1. The Bertz CT molecular complexity index is 343. The average molecular weight is 199 g/mol. The van der Waals surface area contributed by atoms with Crippen LogP contribution in [0.15, 0.2) is 23.3 Å². The van der Waals surface area contributed by atoms with Crippen LogP contribution in [0.4, 0.5) is 0 Å². The molecular formula is C7H3ClN2OS. The second-order valence-corrected chi connectivity index (χ2v) is 2.49. The second kappa shape index (κ2) is 4.07. The van der Waals surface area contributed by atoms with Crippen molar-refractivity contribution in [3.63, 3.8) is 0 Å². The molecule has 0 atom stereocenters. The fraction of sp³-hybridized carbons (Fsp3) is 0. The van der Waals surface area contributed by atoms with Gasteiger partial charge in [0.25, 0.3) is 0 Å². The molecule has 0 aromatic carbocycles. The monoisotopic (exact) mass is 198 g/mol. The van der Waals surface area contributed by atoms with Crippen molar-refractivity contribution in [3.8, 4) is 0 Å². The summed E-state index contributed by atoms with van der Waals surface area (Å²) < 4.78 is 0. The molecule has 0 radical (unpaired) electrons. The standard InChI is InChI=1S/C7H3ClN2OS/c8-5-1-2-6(9-3-5)7(11)10-4-12/h1-3H. The number of halogens is 1. The lowest BCUT2D eigenvalue weighted by Crippen LogP contribution is -1.96. The molecule has 0 bridgehead atoms. The molecule has 0 saturated carbocycles. The Morgan fingerprint density at radius 3 is 2.92 bits per heavy atom. The highest BCUT2D eigenvalue weighted by atomic mass is 35.5. The highest BCUT2D eigenvalue weighted by Crippen LogP contribution is 2.06. The van der Waals surface area contributed by atoms with Gasteiger partial charge in [0, 0.05) is 6.20 Å². The predicted octanol–water partition coefficient (Wildman–Crippen LogP) is 1.98. The number of carbonyl (C=O) groups excluding carboxylic acids is 1. The zero-order chi connectivity index (χ0) is 8.97. The van der Waals surface area contributed by atoms with Crippen LogP contribution in [0.5, 0.6) is 0 Å². The Labute approximate surface area is 79.1 Å². The minimum absolute atomic E-state index is 0.205. The first-order chi connectivity index (χ1) is 5.74. The van der Waals surface area contributed by atoms with Gasteiger partial charge < -0.3 is 0 Å². The van der Waals surface area contributed by atoms with E-state index in [1.165, 1.54) is 12.3 Å². The van der Waals surface area contributed by atoms with Gasteiger partial charge in [-0.2, -0.15) is 4.99 Å². The summed E-state index contributed by atoms with van der Waals surface area (Å²) >= 11 is 9.82. The molecule has 0 aliphatic carbocycles. The van der Waals surface area contributed by atoms with Crippen molar-refractivity contribution < 1.29 is 4.79 Å². The molecule has 1 rings (SSSR count). The van der Waals surface area contributed by atoms with Gasteiger partial charge in [0.2, 0.25) is 0 Å². The number of aromatic nitrogens is 1. The first kappa shape index (κ1) is 9.00. The van der Waals surface area contributed by atoms with Crippen LogP contribution >= 0.6 is 23.8 Å². The number of isothiocyanates is 1. The van der Waals surface area contributed by atoms with E-state index in [1.807, 2.05) is 5.16 Å². The molecule has 1 heterocycles. The zero-order valence-corrected chi connectivity index (χ0v) is 7.39. The number of carbonyl (C=O) groups is 1. The van der Waals surface area contributed by atoms with E-state index in [0.717, 1.165) is 0 Å². The third-order valence-electron chi connectivity index (χ3n) is 1.09. The highest BCUT2D eigenvalue weighted by molar-refractivity contribution is 7.78. The Morgan fingerprint density at radius 2 is 2.42 bits per heavy atom. The summed E-state index contributed by atoms with van der Waals surface area (Å²) in [7, 11) is 0. The van der Waals surface area contributed by atoms with Crippen molar-refractivity contribution in [1.29, 1.82) is 0 Å². The summed E-state index contributed by atoms with van der Waals surface area (Å²) in [5, 5.41) is 2.44. The van der Waals surface area contributed by atoms with E-state index in [2.05, 4.69) is 22.2 Å². The molecule has 3 nitrogen and oxygen atoms in total. The fourth-order valence-electron chi connectivity index (χ4n) is 0.601. The summed E-state index contributed by atoms with van der Waals surface area (Å²) in [4.78, 5) is 17.9. The van der Waals surface area contributed by atoms with Crippen LogP contribution in [0.1, 0.15) is 10.5 Å². The van der Waals surface area contributed by atoms with Crippen molar-refractivity contribution in [2.45, 2.75) is 0 Å². The van der Waals surface area contributed by atoms with Crippen molar-refractivity contribution in [2.75, 3.05) is 0 Å². The Kier molecular flexibility index (Phi) is 3.05. The van der Waals surface area contributed by atoms with E-state index < -0.39 is 5.91 Å². The smallest absolute Gasteiger partial charge is 0.264 e. The van der Waals surface area contributed by atoms with Crippen LogP contribution in [0, 0.1) is 0 Å². The molecule has 0 aliphatic heterocycles. The van der Waals surface area contributed by atoms with E-state index in [0.29, 0.717) is 5.02 Å². The first-order valence-corrected chi connectivity index (χ1v) is 3.76. The molecule has 0 unspecified atom stereocenters. The molecule has 0 fully saturated rings. The molecule has 0 aliphatic rings. The van der Waals surface area contributed by atoms with Crippen LogP contribution in [0.3, 0.4) is 0 Å². The van der Waals surface area contributed by atoms with Crippen molar-refractivity contribution in [3.05, 3.63) is 29.0 Å². The van der Waals surface area contributed by atoms with Gasteiger partial charge in [-0.25, -0.2) is 4.98 Å². The number of thiocarbonyl (C=S) groups is 1. The van der Waals surface area contributed by atoms with Gasteiger partial charge in [0.05, 0.1) is 10.2 Å². The third-order valence-corrected chi connectivity index (χ3v) is 1.41. The number of nitrogens with zero attached hydrogens (tertiary/aromatic N) is 2. The Hall–Kier alpha value is -1.09. The van der Waals surface area contributed by atoms with Crippen LogP contribution in [0.25, 0.3) is 0 Å². The minimum Gasteiger partial charge on any atom is -0.264 e. The number of amides is 1. The lowest BCUT2D eigenvalue weighted by atomic mass is 10.3. The minimum atomic E-state index is -0.512. The van der Waals surface area contributed by atoms with E-state index in [1.54, 1.807) is 6.07 Å². The lowest BCUT2D eigenvalue weighted by Gasteiger charge is -1.91. The molecule has 12 heavy (non-hydrogen) atoms. The maximum absolute atomic E-state index is 11.0. The predicted molar refractivity (Wildman–Crippen MR) is 48.6 cm³/mol. The number of hydrogen-bond acceptors (Lipinski definition) is 3. The number of aliphatic imine (C=N–C) groups is 1. The van der Waals surface area contributed by atoms with Gasteiger partial charge in [-0.15, -0.1) is 0 Å². The fourth-order valence-corrected chi connectivity index (χ4v) is 0.796. The van der Waals surface area contributed by atoms with E-state index in [9.17, 15) is 4.79 Å². The molecule has 1 aromatic rings. The molecule has 0 saturated heterocycles. The maximum Gasteiger partial charge on any atom is 0.304 e. The van der Waals surface area contributed by atoms with Crippen LogP contribution in [-0.4, -0.2) is 16.1 Å². The highest BCUT2D eigenvalue weighted by Gasteiger charge is 2.03. The molecule has 1 aromatic heterocycles. The summed E-state index contributed by atoms with van der Waals surface area (Å²) in [6.07, 6.45) is 1.37. The molecule has 1 amide bonds. The van der Waals surface area contributed by atoms with Gasteiger partial charge >= 0.3 is 5.91 Å². The topological polar surface area (TPSA) is 42.3 Å². The normalized spacial score (nSPS) is 8.75. The SMILES string of the molecule is O=C(N=C=S)c1ccc(Cl)cn1. The summed E-state index contributed by atoms with van der Waals surface area (Å²) in [5.74, 6) is -0.512. The molecule has 0 N–H and O–H groups in total. The molecule has 5 heteroatoms. The quantitative estimate of drug-likeness (QED) is 0.512. The van der Waals surface area contributed by atoms with E-state index in [-0.39, 0.29) is 5.69 Å². The van der Waals surface area contributed by atoms with Gasteiger partial charge in [0.15, 0.2) is 0 Å². The van der Waals surface area contributed by atoms with Crippen molar-refractivity contribution >= 4 is 34.9 Å². The van der Waals surface area contributed by atoms with E-state index >= 15 is 0 Å². The molecule has 60 valence electrons. The average Bonchev–Trinajstić information content (AvgIpc) is 2.06. The van der Waals surface area contributed by atoms with E-state index in [4.69, 9.17) is 11.6 Å². The summed E-state index contributed by atoms with van der Waals surface area (Å²) in [5.41, 5.74) is 0.205. The van der Waals surface area contributed by atoms with Gasteiger partial charge in [-0.1, -0.05) is 11.6 Å². The molecule has 0 spiro atoms. The zero-order valence-electron chi connectivity index (χ0n) is 5.82. The summed E-state index contributed by atoms with van der Waals surface area (Å²) in [6.45, 7) is 0. The van der Waals surface area contributed by atoms with Crippen molar-refractivity contribution in [2.24, 2.45) is 4.99 Å². The number of rotatable bonds is 1. The lowest BCUT2D eigenvalue weighted by molar-refractivity contribution is 0.0999. The van der Waals surface area contributed by atoms with Gasteiger partial charge in [-0.3, -0.25) is 4.79 Å². The third kappa shape index (κ3) is 2.20. The first-order valence-electron chi connectivity index (χ1n) is 2.98. The van der Waals surface area contributed by atoms with Crippen LogP contribution in [-0.2, 0) is 0 Å². The largest absolute Gasteiger partial charge is 0.304 e.